The molecular formula is C17H22N4OS. The number of nitrogens with zero attached hydrogens (tertiary/aromatic N) is 2. The second-order valence-electron chi connectivity index (χ2n) is 5.76. The maximum Gasteiger partial charge on any atom is 0.315 e. The number of aromatic nitrogens is 2. The number of rotatable bonds is 5. The van der Waals surface area contributed by atoms with Gasteiger partial charge in [-0.15, -0.1) is 0 Å². The Bertz CT molecular complexity index is 627. The van der Waals surface area contributed by atoms with Crippen molar-refractivity contribution in [3.8, 4) is 5.69 Å². The molecule has 1 aromatic heterocycles. The number of urea groups is 1. The number of hydrogen-bond donors (Lipinski definition) is 2. The van der Waals surface area contributed by atoms with Gasteiger partial charge < -0.3 is 10.6 Å². The van der Waals surface area contributed by atoms with Gasteiger partial charge in [0.2, 0.25) is 0 Å². The highest BCUT2D eigenvalue weighted by molar-refractivity contribution is 7.99. The number of amides is 2. The molecule has 1 aliphatic rings. The highest BCUT2D eigenvalue weighted by atomic mass is 32.2. The average molecular weight is 330 g/mol. The van der Waals surface area contributed by atoms with E-state index in [1.165, 1.54) is 12.8 Å². The van der Waals surface area contributed by atoms with Gasteiger partial charge >= 0.3 is 6.03 Å². The third-order valence-corrected chi connectivity index (χ3v) is 5.40. The van der Waals surface area contributed by atoms with E-state index in [1.807, 2.05) is 53.0 Å². The molecule has 0 bridgehead atoms. The fourth-order valence-electron chi connectivity index (χ4n) is 2.96. The molecule has 0 saturated heterocycles. The number of hydrogen-bond acceptors (Lipinski definition) is 3. The third-order valence-electron chi connectivity index (χ3n) is 4.23. The summed E-state index contributed by atoms with van der Waals surface area (Å²) < 4.78 is 1.81. The van der Waals surface area contributed by atoms with E-state index in [9.17, 15) is 4.79 Å². The lowest BCUT2D eigenvalue weighted by Crippen LogP contribution is -2.44. The van der Waals surface area contributed by atoms with Crippen LogP contribution >= 0.6 is 11.8 Å². The molecule has 2 amide bonds. The molecule has 1 heterocycles. The van der Waals surface area contributed by atoms with Crippen LogP contribution in [0.15, 0.2) is 42.7 Å². The molecule has 1 aliphatic carbocycles. The molecule has 1 fully saturated rings. The monoisotopic (exact) mass is 330 g/mol. The standard InChI is InChI=1S/C17H22N4OS/c1-23-16-5-2-4-15(16)20-17(22)18-12-13-6-8-14(9-7-13)21-11-3-10-19-21/h3,6-11,15-16H,2,4-5,12H2,1H3,(H2,18,20,22)/t15-,16-/m1/s1. The Morgan fingerprint density at radius 2 is 2.17 bits per heavy atom. The molecule has 2 aromatic rings. The molecule has 122 valence electrons. The van der Waals surface area contributed by atoms with Crippen LogP contribution < -0.4 is 10.6 Å². The second-order valence-corrected chi connectivity index (χ2v) is 6.83. The smallest absolute Gasteiger partial charge is 0.315 e. The molecule has 0 spiro atoms. The molecule has 0 unspecified atom stereocenters. The SMILES string of the molecule is CS[C@@H]1CCC[C@H]1NC(=O)NCc1ccc(-n2cccn2)cc1. The molecule has 0 aliphatic heterocycles. The van der Waals surface area contributed by atoms with E-state index in [1.54, 1.807) is 6.20 Å². The van der Waals surface area contributed by atoms with Crippen LogP contribution in [0.4, 0.5) is 4.79 Å². The van der Waals surface area contributed by atoms with Crippen LogP contribution in [0.3, 0.4) is 0 Å². The minimum absolute atomic E-state index is 0.0768. The molecule has 2 atom stereocenters. The Balaban J connectivity index is 1.49. The Hall–Kier alpha value is -1.95. The number of carbonyl (C=O) groups is 1. The predicted octanol–water partition coefficient (Wildman–Crippen LogP) is 2.96. The van der Waals surface area contributed by atoms with Crippen LogP contribution in [0.25, 0.3) is 5.69 Å². The van der Waals surface area contributed by atoms with Crippen molar-refractivity contribution in [2.24, 2.45) is 0 Å². The minimum Gasteiger partial charge on any atom is -0.334 e. The summed E-state index contributed by atoms with van der Waals surface area (Å²) in [5, 5.41) is 10.8. The Kier molecular flexibility index (Phi) is 5.23. The summed E-state index contributed by atoms with van der Waals surface area (Å²) in [5.41, 5.74) is 2.08. The van der Waals surface area contributed by atoms with Crippen molar-refractivity contribution in [1.29, 1.82) is 0 Å². The van der Waals surface area contributed by atoms with Gasteiger partial charge in [0, 0.05) is 30.2 Å². The number of carbonyl (C=O) groups excluding carboxylic acids is 1. The molecule has 0 radical (unpaired) electrons. The first-order chi connectivity index (χ1) is 11.3. The average Bonchev–Trinajstić information content (AvgIpc) is 3.25. The van der Waals surface area contributed by atoms with Crippen LogP contribution in [0.5, 0.6) is 0 Å². The Morgan fingerprint density at radius 3 is 2.87 bits per heavy atom. The lowest BCUT2D eigenvalue weighted by molar-refractivity contribution is 0.237. The van der Waals surface area contributed by atoms with Gasteiger partial charge in [-0.3, -0.25) is 0 Å². The van der Waals surface area contributed by atoms with Gasteiger partial charge in [0.25, 0.3) is 0 Å². The molecule has 1 saturated carbocycles. The zero-order chi connectivity index (χ0) is 16.1. The maximum atomic E-state index is 12.0. The third kappa shape index (κ3) is 4.07. The maximum absolute atomic E-state index is 12.0. The highest BCUT2D eigenvalue weighted by Crippen LogP contribution is 2.28. The fraction of sp³-hybridized carbons (Fsp3) is 0.412. The zero-order valence-electron chi connectivity index (χ0n) is 13.2. The number of nitrogens with one attached hydrogen (secondary N) is 2. The van der Waals surface area contributed by atoms with Crippen LogP contribution in [0.1, 0.15) is 24.8 Å². The quantitative estimate of drug-likeness (QED) is 0.886. The van der Waals surface area contributed by atoms with E-state index >= 15 is 0 Å². The van der Waals surface area contributed by atoms with E-state index in [2.05, 4.69) is 22.0 Å². The summed E-state index contributed by atoms with van der Waals surface area (Å²) >= 11 is 1.85. The van der Waals surface area contributed by atoms with Gasteiger partial charge in [-0.05, 0) is 42.9 Å². The fourth-order valence-corrected chi connectivity index (χ4v) is 3.90. The lowest BCUT2D eigenvalue weighted by Gasteiger charge is -2.19. The molecule has 2 N–H and O–H groups in total. The summed E-state index contributed by atoms with van der Waals surface area (Å²) in [6.45, 7) is 0.530. The van der Waals surface area contributed by atoms with Crippen molar-refractivity contribution < 1.29 is 4.79 Å². The Morgan fingerprint density at radius 1 is 1.35 bits per heavy atom. The predicted molar refractivity (Wildman–Crippen MR) is 93.9 cm³/mol. The van der Waals surface area contributed by atoms with Crippen LogP contribution in [-0.4, -0.2) is 33.4 Å². The van der Waals surface area contributed by atoms with E-state index < -0.39 is 0 Å². The first kappa shape index (κ1) is 15.9. The van der Waals surface area contributed by atoms with E-state index in [-0.39, 0.29) is 6.03 Å². The molecule has 6 heteroatoms. The first-order valence-corrected chi connectivity index (χ1v) is 9.21. The number of thioether (sulfide) groups is 1. The van der Waals surface area contributed by atoms with Crippen molar-refractivity contribution in [1.82, 2.24) is 20.4 Å². The molecule has 3 rings (SSSR count). The summed E-state index contributed by atoms with van der Waals surface area (Å²) in [6, 6.07) is 10.1. The van der Waals surface area contributed by atoms with Gasteiger partial charge in [0.05, 0.1) is 5.69 Å². The van der Waals surface area contributed by atoms with Crippen molar-refractivity contribution >= 4 is 17.8 Å². The van der Waals surface area contributed by atoms with Crippen LogP contribution in [0, 0.1) is 0 Å². The summed E-state index contributed by atoms with van der Waals surface area (Å²) in [4.78, 5) is 12.0. The van der Waals surface area contributed by atoms with Crippen LogP contribution in [-0.2, 0) is 6.54 Å². The summed E-state index contributed by atoms with van der Waals surface area (Å²) in [5.74, 6) is 0. The molecular weight excluding hydrogens is 308 g/mol. The van der Waals surface area contributed by atoms with E-state index in [0.717, 1.165) is 17.7 Å². The van der Waals surface area contributed by atoms with Crippen molar-refractivity contribution in [3.63, 3.8) is 0 Å². The largest absolute Gasteiger partial charge is 0.334 e. The zero-order valence-corrected chi connectivity index (χ0v) is 14.1. The Labute approximate surface area is 140 Å². The number of benzene rings is 1. The molecule has 23 heavy (non-hydrogen) atoms. The minimum atomic E-state index is -0.0768. The molecule has 5 nitrogen and oxygen atoms in total. The van der Waals surface area contributed by atoms with Gasteiger partial charge in [-0.1, -0.05) is 18.6 Å². The van der Waals surface area contributed by atoms with Gasteiger partial charge in [0.15, 0.2) is 0 Å². The second kappa shape index (κ2) is 7.55. The summed E-state index contributed by atoms with van der Waals surface area (Å²) in [6.07, 6.45) is 9.25. The van der Waals surface area contributed by atoms with Crippen molar-refractivity contribution in [3.05, 3.63) is 48.3 Å². The lowest BCUT2D eigenvalue weighted by atomic mass is 10.2. The first-order valence-electron chi connectivity index (χ1n) is 7.92. The van der Waals surface area contributed by atoms with Crippen LogP contribution in [0.2, 0.25) is 0 Å². The van der Waals surface area contributed by atoms with Gasteiger partial charge in [-0.2, -0.15) is 16.9 Å². The normalized spacial score (nSPS) is 20.4. The highest BCUT2D eigenvalue weighted by Gasteiger charge is 2.27. The molecule has 1 aromatic carbocycles. The topological polar surface area (TPSA) is 59.0 Å². The van der Waals surface area contributed by atoms with E-state index in [0.29, 0.717) is 17.8 Å². The van der Waals surface area contributed by atoms with E-state index in [4.69, 9.17) is 0 Å². The summed E-state index contributed by atoms with van der Waals surface area (Å²) in [7, 11) is 0. The van der Waals surface area contributed by atoms with Gasteiger partial charge in [-0.25, -0.2) is 9.48 Å². The van der Waals surface area contributed by atoms with Crippen molar-refractivity contribution in [2.45, 2.75) is 37.1 Å². The van der Waals surface area contributed by atoms with Gasteiger partial charge in [0.1, 0.15) is 0 Å². The van der Waals surface area contributed by atoms with Crippen molar-refractivity contribution in [2.75, 3.05) is 6.26 Å².